The van der Waals surface area contributed by atoms with E-state index < -0.39 is 18.7 Å². The summed E-state index contributed by atoms with van der Waals surface area (Å²) in [7, 11) is 0. The molecule has 1 aliphatic carbocycles. The van der Waals surface area contributed by atoms with Crippen molar-refractivity contribution >= 4 is 11.8 Å². The van der Waals surface area contributed by atoms with Gasteiger partial charge in [0, 0.05) is 6.04 Å². The summed E-state index contributed by atoms with van der Waals surface area (Å²) in [5.41, 5.74) is -0.250. The molecule has 18 heavy (non-hydrogen) atoms. The normalized spacial score (nSPS) is 15.5. The second-order valence-electron chi connectivity index (χ2n) is 4.16. The van der Waals surface area contributed by atoms with E-state index in [0.29, 0.717) is 12.8 Å². The van der Waals surface area contributed by atoms with Crippen LogP contribution in [0.2, 0.25) is 0 Å². The minimum absolute atomic E-state index is 0.0646. The zero-order valence-corrected chi connectivity index (χ0v) is 9.31. The van der Waals surface area contributed by atoms with Crippen molar-refractivity contribution in [2.75, 3.05) is 11.4 Å². The maximum atomic E-state index is 12.5. The van der Waals surface area contributed by atoms with E-state index >= 15 is 0 Å². The monoisotopic (exact) mass is 260 g/mol. The van der Waals surface area contributed by atoms with E-state index in [2.05, 4.69) is 4.98 Å². The van der Waals surface area contributed by atoms with Crippen LogP contribution >= 0.6 is 0 Å². The number of hydrogen-bond donors (Lipinski definition) is 1. The Hall–Kier alpha value is -1.79. The summed E-state index contributed by atoms with van der Waals surface area (Å²) in [6.45, 7) is -1.10. The Morgan fingerprint density at radius 1 is 1.44 bits per heavy atom. The van der Waals surface area contributed by atoms with Crippen molar-refractivity contribution in [2.45, 2.75) is 25.1 Å². The predicted octanol–water partition coefficient (Wildman–Crippen LogP) is 2.31. The molecular formula is C11H11F3N2O2. The highest BCUT2D eigenvalue weighted by atomic mass is 19.4. The van der Waals surface area contributed by atoms with E-state index in [0.717, 1.165) is 4.90 Å². The van der Waals surface area contributed by atoms with Crippen molar-refractivity contribution < 1.29 is 23.1 Å². The fraction of sp³-hybridized carbons (Fsp3) is 0.455. The van der Waals surface area contributed by atoms with Gasteiger partial charge in [0.15, 0.2) is 5.69 Å². The van der Waals surface area contributed by atoms with E-state index in [9.17, 15) is 18.0 Å². The molecule has 1 saturated carbocycles. The molecule has 1 aliphatic rings. The molecule has 0 bridgehead atoms. The third-order valence-electron chi connectivity index (χ3n) is 2.59. The number of pyridine rings is 1. The smallest absolute Gasteiger partial charge is 0.405 e. The fourth-order valence-corrected chi connectivity index (χ4v) is 1.68. The van der Waals surface area contributed by atoms with Crippen molar-refractivity contribution in [3.63, 3.8) is 0 Å². The van der Waals surface area contributed by atoms with Gasteiger partial charge < -0.3 is 10.0 Å². The van der Waals surface area contributed by atoms with E-state index in [4.69, 9.17) is 5.11 Å². The third-order valence-corrected chi connectivity index (χ3v) is 2.59. The van der Waals surface area contributed by atoms with E-state index in [-0.39, 0.29) is 17.6 Å². The minimum Gasteiger partial charge on any atom is -0.477 e. The molecule has 1 aromatic heterocycles. The van der Waals surface area contributed by atoms with Crippen molar-refractivity contribution in [3.8, 4) is 0 Å². The molecule has 0 spiro atoms. The van der Waals surface area contributed by atoms with Gasteiger partial charge >= 0.3 is 12.1 Å². The first-order valence-corrected chi connectivity index (χ1v) is 5.40. The van der Waals surface area contributed by atoms with Gasteiger partial charge in [-0.15, -0.1) is 0 Å². The highest BCUT2D eigenvalue weighted by molar-refractivity contribution is 5.85. The molecule has 1 N–H and O–H groups in total. The fourth-order valence-electron chi connectivity index (χ4n) is 1.68. The summed E-state index contributed by atoms with van der Waals surface area (Å²) in [6, 6.07) is 3.86. The van der Waals surface area contributed by atoms with Crippen LogP contribution in [0.25, 0.3) is 0 Å². The number of aromatic carboxylic acids is 1. The van der Waals surface area contributed by atoms with Crippen molar-refractivity contribution in [1.29, 1.82) is 0 Å². The average Bonchev–Trinajstić information content (AvgIpc) is 3.08. The van der Waals surface area contributed by atoms with E-state index in [1.165, 1.54) is 18.2 Å². The first kappa shape index (κ1) is 12.7. The number of carboxylic acids is 1. The standard InChI is InChI=1S/C11H11F3N2O2/c12-11(13,14)6-16(7-4-5-7)9-3-1-2-8(15-9)10(17)18/h1-3,7H,4-6H2,(H,17,18). The highest BCUT2D eigenvalue weighted by Crippen LogP contribution is 2.33. The maximum absolute atomic E-state index is 12.5. The number of nitrogens with zero attached hydrogens (tertiary/aromatic N) is 2. The van der Waals surface area contributed by atoms with Gasteiger partial charge in [0.1, 0.15) is 12.4 Å². The van der Waals surface area contributed by atoms with Gasteiger partial charge in [0.25, 0.3) is 0 Å². The van der Waals surface area contributed by atoms with Crippen LogP contribution in [0.4, 0.5) is 19.0 Å². The summed E-state index contributed by atoms with van der Waals surface area (Å²) >= 11 is 0. The van der Waals surface area contributed by atoms with Crippen molar-refractivity contribution in [3.05, 3.63) is 23.9 Å². The van der Waals surface area contributed by atoms with Gasteiger partial charge in [-0.2, -0.15) is 13.2 Å². The van der Waals surface area contributed by atoms with Gasteiger partial charge in [-0.25, -0.2) is 9.78 Å². The van der Waals surface area contributed by atoms with Gasteiger partial charge in [-0.1, -0.05) is 6.07 Å². The zero-order chi connectivity index (χ0) is 13.3. The number of carbonyl (C=O) groups is 1. The van der Waals surface area contributed by atoms with E-state index in [1.54, 1.807) is 0 Å². The summed E-state index contributed by atoms with van der Waals surface area (Å²) in [5.74, 6) is -1.19. The molecule has 0 unspecified atom stereocenters. The van der Waals surface area contributed by atoms with E-state index in [1.807, 2.05) is 0 Å². The summed E-state index contributed by atoms with van der Waals surface area (Å²) in [5, 5.41) is 8.77. The Morgan fingerprint density at radius 3 is 2.61 bits per heavy atom. The number of rotatable bonds is 4. The molecule has 4 nitrogen and oxygen atoms in total. The molecule has 0 amide bonds. The lowest BCUT2D eigenvalue weighted by molar-refractivity contribution is -0.120. The molecule has 1 heterocycles. The molecule has 0 aliphatic heterocycles. The van der Waals surface area contributed by atoms with Gasteiger partial charge in [0.2, 0.25) is 0 Å². The van der Waals surface area contributed by atoms with Crippen LogP contribution in [-0.2, 0) is 0 Å². The van der Waals surface area contributed by atoms with Gasteiger partial charge in [-0.3, -0.25) is 0 Å². The molecule has 0 saturated heterocycles. The predicted molar refractivity (Wildman–Crippen MR) is 57.6 cm³/mol. The molecule has 1 fully saturated rings. The molecule has 7 heteroatoms. The SMILES string of the molecule is O=C(O)c1cccc(N(CC(F)(F)F)C2CC2)n1. The second-order valence-corrected chi connectivity index (χ2v) is 4.16. The molecule has 2 rings (SSSR count). The number of alkyl halides is 3. The molecule has 0 atom stereocenters. The van der Waals surface area contributed by atoms with Crippen LogP contribution in [0.3, 0.4) is 0 Å². The number of carboxylic acid groups (broad SMARTS) is 1. The third kappa shape index (κ3) is 3.12. The van der Waals surface area contributed by atoms with Crippen LogP contribution in [0.15, 0.2) is 18.2 Å². The molecule has 98 valence electrons. The van der Waals surface area contributed by atoms with Crippen molar-refractivity contribution in [2.24, 2.45) is 0 Å². The van der Waals surface area contributed by atoms with Crippen LogP contribution in [0.5, 0.6) is 0 Å². The Bertz CT molecular complexity index is 458. The Balaban J connectivity index is 2.25. The first-order chi connectivity index (χ1) is 8.37. The lowest BCUT2D eigenvalue weighted by Crippen LogP contribution is -2.36. The van der Waals surface area contributed by atoms with Gasteiger partial charge in [-0.05, 0) is 25.0 Å². The molecule has 1 aromatic rings. The lowest BCUT2D eigenvalue weighted by atomic mass is 10.3. The number of hydrogen-bond acceptors (Lipinski definition) is 3. The number of halogens is 3. The lowest BCUT2D eigenvalue weighted by Gasteiger charge is -2.24. The Kier molecular flexibility index (Phi) is 3.14. The van der Waals surface area contributed by atoms with Crippen LogP contribution in [0, 0.1) is 0 Å². The average molecular weight is 260 g/mol. The number of anilines is 1. The highest BCUT2D eigenvalue weighted by Gasteiger charge is 2.38. The summed E-state index contributed by atoms with van der Waals surface area (Å²) in [6.07, 6.45) is -2.98. The Labute approximate surface area is 101 Å². The molecular weight excluding hydrogens is 249 g/mol. The molecule has 0 radical (unpaired) electrons. The zero-order valence-electron chi connectivity index (χ0n) is 9.31. The van der Waals surface area contributed by atoms with Crippen molar-refractivity contribution in [1.82, 2.24) is 4.98 Å². The minimum atomic E-state index is -4.33. The maximum Gasteiger partial charge on any atom is 0.405 e. The summed E-state index contributed by atoms with van der Waals surface area (Å²) < 4.78 is 37.4. The Morgan fingerprint density at radius 2 is 2.11 bits per heavy atom. The number of aromatic nitrogens is 1. The quantitative estimate of drug-likeness (QED) is 0.902. The summed E-state index contributed by atoms with van der Waals surface area (Å²) in [4.78, 5) is 15.6. The van der Waals surface area contributed by atoms with Gasteiger partial charge in [0.05, 0.1) is 0 Å². The van der Waals surface area contributed by atoms with Crippen LogP contribution < -0.4 is 4.90 Å². The topological polar surface area (TPSA) is 53.4 Å². The first-order valence-electron chi connectivity index (χ1n) is 5.40. The largest absolute Gasteiger partial charge is 0.477 e. The second kappa shape index (κ2) is 4.47. The molecule has 0 aromatic carbocycles. The van der Waals surface area contributed by atoms with Crippen LogP contribution in [0.1, 0.15) is 23.3 Å². The van der Waals surface area contributed by atoms with Crippen LogP contribution in [-0.4, -0.2) is 34.8 Å².